The van der Waals surface area contributed by atoms with Crippen LogP contribution in [0.1, 0.15) is 23.2 Å². The summed E-state index contributed by atoms with van der Waals surface area (Å²) in [6.07, 6.45) is 3.64. The number of rotatable bonds is 5. The molecule has 0 saturated carbocycles. The van der Waals surface area contributed by atoms with Gasteiger partial charge in [0.15, 0.2) is 16.7 Å². The zero-order valence-corrected chi connectivity index (χ0v) is 18.7. The first-order valence-electron chi connectivity index (χ1n) is 9.87. The number of hydrogen-bond acceptors (Lipinski definition) is 5. The van der Waals surface area contributed by atoms with Crippen molar-refractivity contribution in [1.29, 1.82) is 0 Å². The molecule has 0 radical (unpaired) electrons. The molecule has 2 heterocycles. The minimum atomic E-state index is -0.741. The maximum absolute atomic E-state index is 15.0. The summed E-state index contributed by atoms with van der Waals surface area (Å²) in [5.41, 5.74) is 6.46. The minimum Gasteiger partial charge on any atom is -0.496 e. The Kier molecular flexibility index (Phi) is 6.29. The fourth-order valence-electron chi connectivity index (χ4n) is 3.54. The molecule has 1 aromatic heterocycles. The van der Waals surface area contributed by atoms with Crippen molar-refractivity contribution in [3.8, 4) is 17.2 Å². The Hall–Kier alpha value is -3.17. The first-order chi connectivity index (χ1) is 15.4. The normalized spacial score (nSPS) is 13.3. The van der Waals surface area contributed by atoms with Crippen LogP contribution in [0.3, 0.4) is 0 Å². The summed E-state index contributed by atoms with van der Waals surface area (Å²) in [7, 11) is 1.43. The second-order valence-electron chi connectivity index (χ2n) is 7.21. The Labute approximate surface area is 194 Å². The third kappa shape index (κ3) is 4.26. The number of ether oxygens (including phenoxy) is 2. The lowest BCUT2D eigenvalue weighted by molar-refractivity contribution is 0.0997. The lowest BCUT2D eigenvalue weighted by Crippen LogP contribution is -2.32. The van der Waals surface area contributed by atoms with Crippen LogP contribution in [0.25, 0.3) is 10.9 Å². The average molecular weight is 475 g/mol. The molecule has 0 bridgehead atoms. The number of nitrogens with zero attached hydrogens (tertiary/aromatic N) is 2. The summed E-state index contributed by atoms with van der Waals surface area (Å²) in [6.45, 7) is 1.72. The number of amides is 1. The largest absolute Gasteiger partial charge is 0.496 e. The number of carbonyl (C=O) groups is 1. The van der Waals surface area contributed by atoms with Gasteiger partial charge in [-0.3, -0.25) is 9.78 Å². The maximum atomic E-state index is 15.0. The van der Waals surface area contributed by atoms with Gasteiger partial charge in [0.2, 0.25) is 0 Å². The predicted molar refractivity (Wildman–Crippen MR) is 125 cm³/mol. The Morgan fingerprint density at radius 3 is 2.66 bits per heavy atom. The van der Waals surface area contributed by atoms with E-state index in [0.717, 1.165) is 25.9 Å². The van der Waals surface area contributed by atoms with Crippen molar-refractivity contribution in [3.63, 3.8) is 0 Å². The number of methoxy groups -OCH3 is 1. The van der Waals surface area contributed by atoms with Crippen molar-refractivity contribution < 1.29 is 18.7 Å². The smallest absolute Gasteiger partial charge is 0.252 e. The van der Waals surface area contributed by atoms with E-state index in [1.165, 1.54) is 25.4 Å². The number of pyridine rings is 1. The van der Waals surface area contributed by atoms with Crippen LogP contribution in [-0.2, 0) is 0 Å². The first-order valence-corrected chi connectivity index (χ1v) is 10.7. The van der Waals surface area contributed by atoms with Gasteiger partial charge in [0.25, 0.3) is 5.91 Å². The predicted octanol–water partition coefficient (Wildman–Crippen LogP) is 4.72. The molecule has 4 rings (SSSR count). The van der Waals surface area contributed by atoms with Crippen molar-refractivity contribution >= 4 is 51.4 Å². The number of hydrogen-bond donors (Lipinski definition) is 2. The van der Waals surface area contributed by atoms with Gasteiger partial charge < -0.3 is 25.4 Å². The van der Waals surface area contributed by atoms with Gasteiger partial charge in [-0.25, -0.2) is 4.39 Å². The van der Waals surface area contributed by atoms with Gasteiger partial charge in [-0.1, -0.05) is 11.6 Å². The fraction of sp³-hybridized carbons (Fsp3) is 0.227. The summed E-state index contributed by atoms with van der Waals surface area (Å²) < 4.78 is 26.1. The number of carbonyl (C=O) groups excluding carboxylic acids is 1. The van der Waals surface area contributed by atoms with Crippen molar-refractivity contribution in [1.82, 2.24) is 9.88 Å². The van der Waals surface area contributed by atoms with Crippen LogP contribution >= 0.6 is 23.8 Å². The van der Waals surface area contributed by atoms with E-state index in [1.54, 1.807) is 18.2 Å². The van der Waals surface area contributed by atoms with Crippen LogP contribution in [0.15, 0.2) is 36.5 Å². The van der Waals surface area contributed by atoms with Gasteiger partial charge in [0.1, 0.15) is 16.5 Å². The highest BCUT2D eigenvalue weighted by molar-refractivity contribution is 7.80. The number of primary amides is 1. The molecular weight excluding hydrogens is 455 g/mol. The van der Waals surface area contributed by atoms with Crippen LogP contribution in [0.5, 0.6) is 17.2 Å². The van der Waals surface area contributed by atoms with E-state index in [4.69, 9.17) is 39.0 Å². The highest BCUT2D eigenvalue weighted by atomic mass is 35.5. The van der Waals surface area contributed by atoms with Gasteiger partial charge in [-0.05, 0) is 49.3 Å². The van der Waals surface area contributed by atoms with E-state index in [1.807, 2.05) is 4.90 Å². The second-order valence-corrected chi connectivity index (χ2v) is 7.97. The molecule has 1 fully saturated rings. The van der Waals surface area contributed by atoms with Crippen molar-refractivity contribution in [2.75, 3.05) is 25.5 Å². The van der Waals surface area contributed by atoms with E-state index in [9.17, 15) is 4.79 Å². The number of likely N-dealkylation sites (tertiary alicyclic amines) is 1. The summed E-state index contributed by atoms with van der Waals surface area (Å²) in [5.74, 6) is -0.931. The van der Waals surface area contributed by atoms with E-state index >= 15 is 4.39 Å². The molecule has 1 saturated heterocycles. The number of anilines is 1. The molecule has 0 unspecified atom stereocenters. The maximum Gasteiger partial charge on any atom is 0.252 e. The molecule has 0 aliphatic carbocycles. The topological polar surface area (TPSA) is 89.7 Å². The summed E-state index contributed by atoms with van der Waals surface area (Å²) >= 11 is 11.6. The zero-order valence-electron chi connectivity index (χ0n) is 17.2. The molecule has 0 spiro atoms. The van der Waals surface area contributed by atoms with E-state index < -0.39 is 11.7 Å². The van der Waals surface area contributed by atoms with Gasteiger partial charge in [-0.15, -0.1) is 0 Å². The van der Waals surface area contributed by atoms with Crippen LogP contribution in [0, 0.1) is 5.82 Å². The molecule has 32 heavy (non-hydrogen) atoms. The first kappa shape index (κ1) is 22.0. The number of benzene rings is 2. The van der Waals surface area contributed by atoms with Crippen LogP contribution < -0.4 is 20.5 Å². The number of fused-ring (bicyclic) bond motifs is 1. The molecule has 3 aromatic rings. The SMILES string of the molecule is COc1cc2nccc(Oc3ccc(NC(=S)N4CCCC4)c(Cl)c3F)c2cc1C(N)=O. The highest BCUT2D eigenvalue weighted by Gasteiger charge is 2.20. The summed E-state index contributed by atoms with van der Waals surface area (Å²) in [6, 6.07) is 7.69. The third-order valence-electron chi connectivity index (χ3n) is 5.19. The lowest BCUT2D eigenvalue weighted by Gasteiger charge is -2.20. The number of nitrogens with two attached hydrogens (primary N) is 1. The Morgan fingerprint density at radius 2 is 1.97 bits per heavy atom. The molecule has 166 valence electrons. The monoisotopic (exact) mass is 474 g/mol. The van der Waals surface area contributed by atoms with Gasteiger partial charge >= 0.3 is 0 Å². The number of aromatic nitrogens is 1. The molecule has 1 aliphatic heterocycles. The average Bonchev–Trinajstić information content (AvgIpc) is 3.33. The zero-order chi connectivity index (χ0) is 22.8. The fourth-order valence-corrected chi connectivity index (χ4v) is 4.03. The number of halogens is 2. The van der Waals surface area contributed by atoms with Gasteiger partial charge in [-0.2, -0.15) is 0 Å². The molecule has 7 nitrogen and oxygen atoms in total. The Bertz CT molecular complexity index is 1220. The van der Waals surface area contributed by atoms with Crippen molar-refractivity contribution in [2.24, 2.45) is 5.73 Å². The third-order valence-corrected chi connectivity index (χ3v) is 5.92. The molecule has 10 heteroatoms. The van der Waals surface area contributed by atoms with Crippen LogP contribution in [-0.4, -0.2) is 41.1 Å². The van der Waals surface area contributed by atoms with Crippen molar-refractivity contribution in [3.05, 3.63) is 52.9 Å². The lowest BCUT2D eigenvalue weighted by atomic mass is 10.1. The molecule has 3 N–H and O–H groups in total. The van der Waals surface area contributed by atoms with E-state index in [2.05, 4.69) is 10.3 Å². The molecular formula is C22H20ClFN4O3S. The summed E-state index contributed by atoms with van der Waals surface area (Å²) in [4.78, 5) is 18.1. The summed E-state index contributed by atoms with van der Waals surface area (Å²) in [5, 5.41) is 3.84. The van der Waals surface area contributed by atoms with E-state index in [-0.39, 0.29) is 27.8 Å². The molecule has 2 aromatic carbocycles. The quantitative estimate of drug-likeness (QED) is 0.517. The Balaban J connectivity index is 1.65. The van der Waals surface area contributed by atoms with Crippen molar-refractivity contribution in [2.45, 2.75) is 12.8 Å². The number of nitrogens with one attached hydrogen (secondary N) is 1. The highest BCUT2D eigenvalue weighted by Crippen LogP contribution is 2.37. The van der Waals surface area contributed by atoms with Gasteiger partial charge in [0.05, 0.1) is 23.9 Å². The second kappa shape index (κ2) is 9.13. The molecule has 1 aliphatic rings. The van der Waals surface area contributed by atoms with Crippen LogP contribution in [0.4, 0.5) is 10.1 Å². The van der Waals surface area contributed by atoms with Gasteiger partial charge in [0, 0.05) is 30.7 Å². The number of thiocarbonyl (C=S) groups is 1. The molecule has 0 atom stereocenters. The van der Waals surface area contributed by atoms with Crippen LogP contribution in [0.2, 0.25) is 5.02 Å². The van der Waals surface area contributed by atoms with E-state index in [0.29, 0.717) is 21.7 Å². The Morgan fingerprint density at radius 1 is 1.22 bits per heavy atom. The molecule has 1 amide bonds. The standard InChI is InChI=1S/C22H20ClFN4O3S/c1-30-18-11-15-12(10-13(18)21(25)29)16(6-7-26-15)31-17-5-4-14(19(23)20(17)24)27-22(32)28-8-2-3-9-28/h4-7,10-11H,2-3,8-9H2,1H3,(H2,25,29)(H,27,32). The minimum absolute atomic E-state index is 0.0865.